The van der Waals surface area contributed by atoms with Crippen LogP contribution in [0.2, 0.25) is 0 Å². The fraction of sp³-hybridized carbons (Fsp3) is 0.500. The fourth-order valence-corrected chi connectivity index (χ4v) is 2.66. The molecule has 1 fully saturated rings. The number of hydrogen-bond donors (Lipinski definition) is 1. The van der Waals surface area contributed by atoms with Gasteiger partial charge in [0.25, 0.3) is 0 Å². The number of nitrogens with one attached hydrogen (secondary N) is 1. The Morgan fingerprint density at radius 1 is 1.20 bits per heavy atom. The largest absolute Gasteiger partial charge is 0.359 e. The van der Waals surface area contributed by atoms with E-state index in [1.54, 1.807) is 7.05 Å². The minimum atomic E-state index is -0.335. The van der Waals surface area contributed by atoms with Crippen LogP contribution < -0.4 is 5.32 Å². The van der Waals surface area contributed by atoms with Crippen LogP contribution in [-0.2, 0) is 16.0 Å². The van der Waals surface area contributed by atoms with Gasteiger partial charge in [-0.25, -0.2) is 0 Å². The van der Waals surface area contributed by atoms with Crippen molar-refractivity contribution in [2.24, 2.45) is 5.41 Å². The smallest absolute Gasteiger partial charge is 0.226 e. The summed E-state index contributed by atoms with van der Waals surface area (Å²) in [4.78, 5) is 26.0. The summed E-state index contributed by atoms with van der Waals surface area (Å²) in [6.45, 7) is 3.30. The number of carbonyl (C=O) groups excluding carboxylic acids is 2. The topological polar surface area (TPSA) is 49.4 Å². The summed E-state index contributed by atoms with van der Waals surface area (Å²) in [6.07, 6.45) is 1.90. The molecule has 0 aromatic heterocycles. The lowest BCUT2D eigenvalue weighted by Crippen LogP contribution is -2.48. The molecular formula is C16H22N2O2. The van der Waals surface area contributed by atoms with Gasteiger partial charge in [0.1, 0.15) is 0 Å². The highest BCUT2D eigenvalue weighted by molar-refractivity contribution is 5.83. The lowest BCUT2D eigenvalue weighted by Gasteiger charge is -2.38. The van der Waals surface area contributed by atoms with E-state index in [0.29, 0.717) is 19.5 Å². The van der Waals surface area contributed by atoms with Crippen molar-refractivity contribution in [3.05, 3.63) is 35.9 Å². The van der Waals surface area contributed by atoms with Crippen molar-refractivity contribution in [1.82, 2.24) is 10.2 Å². The first kappa shape index (κ1) is 14.6. The van der Waals surface area contributed by atoms with Crippen LogP contribution in [0.4, 0.5) is 0 Å². The zero-order valence-corrected chi connectivity index (χ0v) is 12.2. The van der Waals surface area contributed by atoms with Gasteiger partial charge in [-0.15, -0.1) is 0 Å². The van der Waals surface area contributed by atoms with Crippen molar-refractivity contribution in [1.29, 1.82) is 0 Å². The average molecular weight is 274 g/mol. The number of amides is 2. The summed E-state index contributed by atoms with van der Waals surface area (Å²) in [5, 5.41) is 2.72. The predicted molar refractivity (Wildman–Crippen MR) is 78.1 cm³/mol. The normalized spacial score (nSPS) is 17.6. The lowest BCUT2D eigenvalue weighted by atomic mass is 9.79. The monoisotopic (exact) mass is 274 g/mol. The summed E-state index contributed by atoms with van der Waals surface area (Å²) >= 11 is 0. The molecule has 1 heterocycles. The molecule has 2 rings (SSSR count). The second-order valence-electron chi connectivity index (χ2n) is 5.68. The molecular weight excluding hydrogens is 252 g/mol. The second kappa shape index (κ2) is 6.07. The van der Waals surface area contributed by atoms with E-state index in [0.717, 1.165) is 18.4 Å². The molecule has 0 atom stereocenters. The number of carbonyl (C=O) groups is 2. The van der Waals surface area contributed by atoms with Gasteiger partial charge in [-0.3, -0.25) is 9.59 Å². The first-order chi connectivity index (χ1) is 9.55. The molecule has 4 heteroatoms. The van der Waals surface area contributed by atoms with Gasteiger partial charge in [-0.05, 0) is 18.4 Å². The van der Waals surface area contributed by atoms with E-state index in [9.17, 15) is 9.59 Å². The molecule has 1 N–H and O–H groups in total. The second-order valence-corrected chi connectivity index (χ2v) is 5.68. The minimum absolute atomic E-state index is 0.0765. The Kier molecular flexibility index (Phi) is 4.42. The molecule has 1 aromatic rings. The van der Waals surface area contributed by atoms with E-state index in [1.165, 1.54) is 0 Å². The fourth-order valence-electron chi connectivity index (χ4n) is 2.66. The van der Waals surface area contributed by atoms with Crippen molar-refractivity contribution in [3.63, 3.8) is 0 Å². The van der Waals surface area contributed by atoms with E-state index in [2.05, 4.69) is 5.32 Å². The SMILES string of the molecule is CNC(=O)C1(C)CCN(C(=O)Cc2ccccc2)CC1. The molecule has 0 aliphatic carbocycles. The van der Waals surface area contributed by atoms with Crippen LogP contribution in [0.3, 0.4) is 0 Å². The van der Waals surface area contributed by atoms with Gasteiger partial charge >= 0.3 is 0 Å². The van der Waals surface area contributed by atoms with Crippen LogP contribution in [0, 0.1) is 5.41 Å². The molecule has 2 amide bonds. The predicted octanol–water partition coefficient (Wildman–Crippen LogP) is 1.60. The molecule has 1 aliphatic heterocycles. The minimum Gasteiger partial charge on any atom is -0.359 e. The third-order valence-corrected chi connectivity index (χ3v) is 4.19. The van der Waals surface area contributed by atoms with Gasteiger partial charge in [-0.2, -0.15) is 0 Å². The standard InChI is InChI=1S/C16H22N2O2/c1-16(15(20)17-2)8-10-18(11-9-16)14(19)12-13-6-4-3-5-7-13/h3-7H,8-12H2,1-2H3,(H,17,20). The number of piperidine rings is 1. The number of hydrogen-bond acceptors (Lipinski definition) is 2. The summed E-state index contributed by atoms with van der Waals surface area (Å²) in [6, 6.07) is 9.78. The Morgan fingerprint density at radius 3 is 2.35 bits per heavy atom. The quantitative estimate of drug-likeness (QED) is 0.910. The van der Waals surface area contributed by atoms with Crippen molar-refractivity contribution in [2.75, 3.05) is 20.1 Å². The first-order valence-corrected chi connectivity index (χ1v) is 7.09. The van der Waals surface area contributed by atoms with Crippen LogP contribution >= 0.6 is 0 Å². The van der Waals surface area contributed by atoms with E-state index >= 15 is 0 Å². The van der Waals surface area contributed by atoms with Gasteiger partial charge in [0.05, 0.1) is 6.42 Å². The van der Waals surface area contributed by atoms with Crippen LogP contribution in [0.15, 0.2) is 30.3 Å². The maximum Gasteiger partial charge on any atom is 0.226 e. The molecule has 108 valence electrons. The van der Waals surface area contributed by atoms with Crippen molar-refractivity contribution in [3.8, 4) is 0 Å². The maximum atomic E-state index is 12.2. The molecule has 1 aromatic carbocycles. The zero-order chi connectivity index (χ0) is 14.6. The molecule has 0 spiro atoms. The van der Waals surface area contributed by atoms with Crippen molar-refractivity contribution < 1.29 is 9.59 Å². The highest BCUT2D eigenvalue weighted by atomic mass is 16.2. The van der Waals surface area contributed by atoms with Gasteiger partial charge in [0, 0.05) is 25.6 Å². The molecule has 20 heavy (non-hydrogen) atoms. The van der Waals surface area contributed by atoms with Crippen LogP contribution in [0.5, 0.6) is 0 Å². The van der Waals surface area contributed by atoms with Gasteiger partial charge in [0.15, 0.2) is 0 Å². The van der Waals surface area contributed by atoms with Crippen LogP contribution in [0.25, 0.3) is 0 Å². The lowest BCUT2D eigenvalue weighted by molar-refractivity contribution is -0.139. The van der Waals surface area contributed by atoms with Crippen LogP contribution in [0.1, 0.15) is 25.3 Å². The van der Waals surface area contributed by atoms with Gasteiger partial charge in [0.2, 0.25) is 11.8 Å². The molecule has 4 nitrogen and oxygen atoms in total. The van der Waals surface area contributed by atoms with Crippen molar-refractivity contribution >= 4 is 11.8 Å². The Hall–Kier alpha value is -1.84. The van der Waals surface area contributed by atoms with E-state index in [1.807, 2.05) is 42.2 Å². The number of rotatable bonds is 3. The summed E-state index contributed by atoms with van der Waals surface area (Å²) in [5.74, 6) is 0.225. The highest BCUT2D eigenvalue weighted by Crippen LogP contribution is 2.31. The van der Waals surface area contributed by atoms with E-state index < -0.39 is 0 Å². The summed E-state index contributed by atoms with van der Waals surface area (Å²) in [7, 11) is 1.67. The van der Waals surface area contributed by atoms with E-state index in [4.69, 9.17) is 0 Å². The Morgan fingerprint density at radius 2 is 1.80 bits per heavy atom. The van der Waals surface area contributed by atoms with Crippen molar-refractivity contribution in [2.45, 2.75) is 26.2 Å². The first-order valence-electron chi connectivity index (χ1n) is 7.09. The van der Waals surface area contributed by atoms with E-state index in [-0.39, 0.29) is 17.2 Å². The van der Waals surface area contributed by atoms with Gasteiger partial charge in [-0.1, -0.05) is 37.3 Å². The zero-order valence-electron chi connectivity index (χ0n) is 12.2. The third kappa shape index (κ3) is 3.18. The summed E-state index contributed by atoms with van der Waals surface area (Å²) < 4.78 is 0. The molecule has 0 radical (unpaired) electrons. The van der Waals surface area contributed by atoms with Crippen LogP contribution in [-0.4, -0.2) is 36.9 Å². The Labute approximate surface area is 120 Å². The average Bonchev–Trinajstić information content (AvgIpc) is 2.48. The number of nitrogens with zero attached hydrogens (tertiary/aromatic N) is 1. The van der Waals surface area contributed by atoms with Gasteiger partial charge < -0.3 is 10.2 Å². The summed E-state index contributed by atoms with van der Waals surface area (Å²) in [5.41, 5.74) is 0.704. The highest BCUT2D eigenvalue weighted by Gasteiger charge is 2.37. The number of likely N-dealkylation sites (tertiary alicyclic amines) is 1. The molecule has 0 saturated carbocycles. The molecule has 0 unspecified atom stereocenters. The molecule has 0 bridgehead atoms. The molecule has 1 aliphatic rings. The maximum absolute atomic E-state index is 12.2. The third-order valence-electron chi connectivity index (χ3n) is 4.19. The Balaban J connectivity index is 1.91. The number of benzene rings is 1. The Bertz CT molecular complexity index is 477. The molecule has 1 saturated heterocycles.